The van der Waals surface area contributed by atoms with Crippen LogP contribution in [0, 0.1) is 5.41 Å². The van der Waals surface area contributed by atoms with Gasteiger partial charge in [-0.05, 0) is 43.6 Å². The fourth-order valence-electron chi connectivity index (χ4n) is 3.02. The molecule has 0 atom stereocenters. The van der Waals surface area contributed by atoms with Crippen LogP contribution < -0.4 is 0 Å². The summed E-state index contributed by atoms with van der Waals surface area (Å²) in [5, 5.41) is 18.8. The van der Waals surface area contributed by atoms with Crippen LogP contribution in [0.15, 0.2) is 24.3 Å². The van der Waals surface area contributed by atoms with Gasteiger partial charge in [0, 0.05) is 31.1 Å². The van der Waals surface area contributed by atoms with Crippen molar-refractivity contribution >= 4 is 5.91 Å². The van der Waals surface area contributed by atoms with Crippen LogP contribution in [-0.4, -0.2) is 65.8 Å². The molecule has 1 aromatic rings. The van der Waals surface area contributed by atoms with Gasteiger partial charge in [-0.25, -0.2) is 0 Å². The molecule has 0 saturated carbocycles. The van der Waals surface area contributed by atoms with Crippen LogP contribution in [0.3, 0.4) is 0 Å². The molecule has 1 aliphatic heterocycles. The second-order valence-corrected chi connectivity index (χ2v) is 6.97. The predicted octanol–water partition coefficient (Wildman–Crippen LogP) is 1.35. The second-order valence-electron chi connectivity index (χ2n) is 6.97. The number of rotatable bonds is 7. The van der Waals surface area contributed by atoms with Gasteiger partial charge < -0.3 is 15.1 Å². The third-order valence-corrected chi connectivity index (χ3v) is 4.51. The van der Waals surface area contributed by atoms with Crippen LogP contribution in [-0.2, 0) is 6.54 Å². The fraction of sp³-hybridized carbons (Fsp3) is 0.611. The van der Waals surface area contributed by atoms with Crippen molar-refractivity contribution in [3.63, 3.8) is 0 Å². The molecule has 0 spiro atoms. The molecular formula is C18H28N2O3. The Kier molecular flexibility index (Phi) is 6.16. The molecule has 128 valence electrons. The van der Waals surface area contributed by atoms with Crippen molar-refractivity contribution in [2.45, 2.75) is 26.3 Å². The maximum absolute atomic E-state index is 12.6. The van der Waals surface area contributed by atoms with Crippen LogP contribution in [0.25, 0.3) is 0 Å². The number of aliphatic hydroxyl groups excluding tert-OH is 2. The number of aliphatic hydroxyl groups is 2. The molecule has 1 amide bonds. The first-order valence-corrected chi connectivity index (χ1v) is 8.26. The summed E-state index contributed by atoms with van der Waals surface area (Å²) in [5.41, 5.74) is 1.12. The SMILES string of the molecule is CN(CC(C)(CO)CO)C(=O)c1cccc(CN2CCCC2)c1. The Bertz CT molecular complexity index is 523. The van der Waals surface area contributed by atoms with Gasteiger partial charge in [-0.2, -0.15) is 0 Å². The summed E-state index contributed by atoms with van der Waals surface area (Å²) in [4.78, 5) is 16.6. The van der Waals surface area contributed by atoms with Crippen LogP contribution in [0.4, 0.5) is 0 Å². The van der Waals surface area contributed by atoms with E-state index in [9.17, 15) is 15.0 Å². The van der Waals surface area contributed by atoms with Gasteiger partial charge in [-0.1, -0.05) is 19.1 Å². The maximum Gasteiger partial charge on any atom is 0.253 e. The molecule has 1 fully saturated rings. The van der Waals surface area contributed by atoms with Crippen LogP contribution in [0.2, 0.25) is 0 Å². The van der Waals surface area contributed by atoms with Crippen LogP contribution >= 0.6 is 0 Å². The van der Waals surface area contributed by atoms with Crippen molar-refractivity contribution in [2.75, 3.05) is 39.9 Å². The Morgan fingerprint density at radius 2 is 1.91 bits per heavy atom. The summed E-state index contributed by atoms with van der Waals surface area (Å²) < 4.78 is 0. The van der Waals surface area contributed by atoms with Gasteiger partial charge in [0.1, 0.15) is 0 Å². The highest BCUT2D eigenvalue weighted by Gasteiger charge is 2.27. The van der Waals surface area contributed by atoms with Gasteiger partial charge in [-0.3, -0.25) is 9.69 Å². The monoisotopic (exact) mass is 320 g/mol. The standard InChI is InChI=1S/C18H28N2O3/c1-18(13-21,14-22)12-19(2)17(23)16-7-5-6-15(10-16)11-20-8-3-4-9-20/h5-7,10,21-22H,3-4,8-9,11-14H2,1-2H3. The number of carbonyl (C=O) groups excluding carboxylic acids is 1. The Hall–Kier alpha value is -1.43. The number of amides is 1. The van der Waals surface area contributed by atoms with Gasteiger partial charge in [0.15, 0.2) is 0 Å². The zero-order chi connectivity index (χ0) is 16.9. The maximum atomic E-state index is 12.6. The van der Waals surface area contributed by atoms with Gasteiger partial charge in [-0.15, -0.1) is 0 Å². The van der Waals surface area contributed by atoms with Gasteiger partial charge in [0.25, 0.3) is 5.91 Å². The highest BCUT2D eigenvalue weighted by atomic mass is 16.3. The summed E-state index contributed by atoms with van der Waals surface area (Å²) in [6, 6.07) is 7.75. The van der Waals surface area contributed by atoms with E-state index in [1.165, 1.54) is 12.8 Å². The largest absolute Gasteiger partial charge is 0.396 e. The van der Waals surface area contributed by atoms with E-state index in [0.717, 1.165) is 25.2 Å². The summed E-state index contributed by atoms with van der Waals surface area (Å²) >= 11 is 0. The number of hydrogen-bond acceptors (Lipinski definition) is 4. The fourth-order valence-corrected chi connectivity index (χ4v) is 3.02. The van der Waals surface area contributed by atoms with E-state index in [1.807, 2.05) is 18.2 Å². The number of carbonyl (C=O) groups is 1. The zero-order valence-electron chi connectivity index (χ0n) is 14.2. The van der Waals surface area contributed by atoms with Gasteiger partial charge in [0.05, 0.1) is 13.2 Å². The average molecular weight is 320 g/mol. The Morgan fingerprint density at radius 3 is 2.52 bits per heavy atom. The van der Waals surface area contributed by atoms with Crippen molar-refractivity contribution in [1.82, 2.24) is 9.80 Å². The van der Waals surface area contributed by atoms with E-state index in [2.05, 4.69) is 11.0 Å². The van der Waals surface area contributed by atoms with Crippen molar-refractivity contribution in [1.29, 1.82) is 0 Å². The van der Waals surface area contributed by atoms with Crippen molar-refractivity contribution in [3.8, 4) is 0 Å². The number of benzene rings is 1. The quantitative estimate of drug-likeness (QED) is 0.796. The van der Waals surface area contributed by atoms with Crippen molar-refractivity contribution in [3.05, 3.63) is 35.4 Å². The second kappa shape index (κ2) is 7.90. The lowest BCUT2D eigenvalue weighted by molar-refractivity contribution is 0.0366. The first kappa shape index (κ1) is 17.9. The molecule has 23 heavy (non-hydrogen) atoms. The third-order valence-electron chi connectivity index (χ3n) is 4.51. The van der Waals surface area contributed by atoms with E-state index in [1.54, 1.807) is 18.9 Å². The van der Waals surface area contributed by atoms with Crippen molar-refractivity contribution in [2.24, 2.45) is 5.41 Å². The third kappa shape index (κ3) is 4.77. The first-order valence-electron chi connectivity index (χ1n) is 8.26. The molecule has 1 aliphatic rings. The summed E-state index contributed by atoms with van der Waals surface area (Å²) in [6.07, 6.45) is 2.50. The Balaban J connectivity index is 2.03. The zero-order valence-corrected chi connectivity index (χ0v) is 14.2. The number of nitrogens with zero attached hydrogens (tertiary/aromatic N) is 2. The van der Waals surface area contributed by atoms with E-state index >= 15 is 0 Å². The minimum absolute atomic E-state index is 0.0820. The predicted molar refractivity (Wildman–Crippen MR) is 90.2 cm³/mol. The molecule has 1 aromatic carbocycles. The molecule has 0 aliphatic carbocycles. The van der Waals surface area contributed by atoms with Gasteiger partial charge >= 0.3 is 0 Å². The Labute approximate surface area is 138 Å². The average Bonchev–Trinajstić information content (AvgIpc) is 3.07. The smallest absolute Gasteiger partial charge is 0.253 e. The van der Waals surface area contributed by atoms with Crippen LogP contribution in [0.1, 0.15) is 35.7 Å². The molecule has 1 heterocycles. The normalized spacial score (nSPS) is 15.8. The molecule has 2 rings (SSSR count). The molecule has 2 N–H and O–H groups in total. The number of hydrogen-bond donors (Lipinski definition) is 2. The lowest BCUT2D eigenvalue weighted by atomic mass is 9.92. The molecule has 0 radical (unpaired) electrons. The van der Waals surface area contributed by atoms with E-state index < -0.39 is 5.41 Å². The minimum atomic E-state index is -0.683. The topological polar surface area (TPSA) is 64.0 Å². The molecule has 5 nitrogen and oxygen atoms in total. The summed E-state index contributed by atoms with van der Waals surface area (Å²) in [7, 11) is 1.71. The van der Waals surface area contributed by atoms with Crippen molar-refractivity contribution < 1.29 is 15.0 Å². The molecule has 0 unspecified atom stereocenters. The van der Waals surface area contributed by atoms with E-state index in [-0.39, 0.29) is 19.1 Å². The van der Waals surface area contributed by atoms with E-state index in [0.29, 0.717) is 12.1 Å². The molecule has 5 heteroatoms. The van der Waals surface area contributed by atoms with Gasteiger partial charge in [0.2, 0.25) is 0 Å². The Morgan fingerprint density at radius 1 is 1.26 bits per heavy atom. The summed E-state index contributed by atoms with van der Waals surface area (Å²) in [6.45, 7) is 4.91. The highest BCUT2D eigenvalue weighted by molar-refractivity contribution is 5.94. The molecular weight excluding hydrogens is 292 g/mol. The summed E-state index contributed by atoms with van der Waals surface area (Å²) in [5.74, 6) is -0.0820. The highest BCUT2D eigenvalue weighted by Crippen LogP contribution is 2.18. The molecule has 0 aromatic heterocycles. The number of likely N-dealkylation sites (tertiary alicyclic amines) is 1. The molecule has 0 bridgehead atoms. The van der Waals surface area contributed by atoms with Crippen LogP contribution in [0.5, 0.6) is 0 Å². The lowest BCUT2D eigenvalue weighted by Crippen LogP contribution is -2.41. The first-order chi connectivity index (χ1) is 11.0. The molecule has 1 saturated heterocycles. The van der Waals surface area contributed by atoms with E-state index in [4.69, 9.17) is 0 Å². The lowest BCUT2D eigenvalue weighted by Gasteiger charge is -2.30. The minimum Gasteiger partial charge on any atom is -0.396 e.